The molecule has 0 aliphatic carbocycles. The zero-order valence-corrected chi connectivity index (χ0v) is 26.6. The fraction of sp³-hybridized carbons (Fsp3) is 0.500. The Morgan fingerprint density at radius 1 is 1.00 bits per heavy atom. The quantitative estimate of drug-likeness (QED) is 0.315. The number of aromatic nitrogens is 2. The van der Waals surface area contributed by atoms with Gasteiger partial charge in [-0.25, -0.2) is 9.49 Å². The molecule has 2 N–H and O–H groups in total. The van der Waals surface area contributed by atoms with Crippen LogP contribution in [0.1, 0.15) is 96.9 Å². The topological polar surface area (TPSA) is 87.3 Å². The van der Waals surface area contributed by atoms with Crippen LogP contribution in [0.4, 0.5) is 4.39 Å². The van der Waals surface area contributed by atoms with Crippen molar-refractivity contribution in [2.75, 3.05) is 33.3 Å². The molecule has 1 saturated heterocycles. The zero-order valence-electron chi connectivity index (χ0n) is 26.6. The van der Waals surface area contributed by atoms with Crippen molar-refractivity contribution in [3.05, 3.63) is 68.9 Å². The summed E-state index contributed by atoms with van der Waals surface area (Å²) in [5.41, 5.74) is 1.32. The molecule has 234 valence electrons. The summed E-state index contributed by atoms with van der Waals surface area (Å²) in [6, 6.07) is 8.82. The Labute approximate surface area is 253 Å². The number of methoxy groups -OCH3 is 1. The largest absolute Gasteiger partial charge is 0.496 e. The SMILES string of the molecule is C.CC.CC.CC.CC#CC.CCc1cc(Cc2n[nH]c(=O)c3ccccc23)c(F)c(C(=O)N2CCNCC2)c1OC. The summed E-state index contributed by atoms with van der Waals surface area (Å²) in [6.07, 6.45) is 0.722. The number of carbonyl (C=O) groups is 1. The van der Waals surface area contributed by atoms with Gasteiger partial charge < -0.3 is 15.0 Å². The summed E-state index contributed by atoms with van der Waals surface area (Å²) in [4.78, 5) is 27.0. The lowest BCUT2D eigenvalue weighted by atomic mass is 9.96. The van der Waals surface area contributed by atoms with Crippen LogP contribution in [-0.4, -0.2) is 54.3 Å². The predicted molar refractivity (Wildman–Crippen MR) is 176 cm³/mol. The van der Waals surface area contributed by atoms with E-state index in [1.165, 1.54) is 7.11 Å². The fourth-order valence-corrected chi connectivity index (χ4v) is 4.09. The molecule has 4 rings (SSSR count). The van der Waals surface area contributed by atoms with Crippen molar-refractivity contribution in [1.29, 1.82) is 0 Å². The molecule has 1 aliphatic heterocycles. The first kappa shape index (κ1) is 40.4. The summed E-state index contributed by atoms with van der Waals surface area (Å²) < 4.78 is 21.2. The summed E-state index contributed by atoms with van der Waals surface area (Å²) in [6.45, 7) is 19.9. The van der Waals surface area contributed by atoms with Crippen LogP contribution < -0.4 is 15.6 Å². The Bertz CT molecular complexity index is 1310. The van der Waals surface area contributed by atoms with Crippen molar-refractivity contribution in [3.8, 4) is 17.6 Å². The van der Waals surface area contributed by atoms with Gasteiger partial charge in [-0.1, -0.05) is 74.1 Å². The molecule has 2 aromatic carbocycles. The molecule has 1 fully saturated rings. The van der Waals surface area contributed by atoms with Gasteiger partial charge in [0.2, 0.25) is 0 Å². The first-order valence-electron chi connectivity index (χ1n) is 14.6. The highest BCUT2D eigenvalue weighted by Crippen LogP contribution is 2.32. The van der Waals surface area contributed by atoms with Crippen molar-refractivity contribution < 1.29 is 13.9 Å². The molecule has 0 saturated carbocycles. The van der Waals surface area contributed by atoms with E-state index < -0.39 is 5.82 Å². The molecule has 0 spiro atoms. The van der Waals surface area contributed by atoms with E-state index in [4.69, 9.17) is 4.74 Å². The molecule has 2 heterocycles. The van der Waals surface area contributed by atoms with Gasteiger partial charge in [-0.3, -0.25) is 9.59 Å². The van der Waals surface area contributed by atoms with Crippen molar-refractivity contribution in [2.24, 2.45) is 0 Å². The van der Waals surface area contributed by atoms with Crippen LogP contribution in [0.2, 0.25) is 0 Å². The number of nitrogens with zero attached hydrogens (tertiary/aromatic N) is 2. The summed E-state index contributed by atoms with van der Waals surface area (Å²) >= 11 is 0. The maximum atomic E-state index is 15.8. The number of amides is 1. The van der Waals surface area contributed by atoms with Crippen molar-refractivity contribution in [3.63, 3.8) is 0 Å². The lowest BCUT2D eigenvalue weighted by Crippen LogP contribution is -2.46. The first-order chi connectivity index (χ1) is 20.0. The first-order valence-corrected chi connectivity index (χ1v) is 14.6. The molecule has 0 radical (unpaired) electrons. The van der Waals surface area contributed by atoms with Gasteiger partial charge in [-0.2, -0.15) is 5.10 Å². The molecule has 1 amide bonds. The molecule has 0 bridgehead atoms. The van der Waals surface area contributed by atoms with Gasteiger partial charge in [0.15, 0.2) is 0 Å². The highest BCUT2D eigenvalue weighted by atomic mass is 19.1. The number of nitrogens with one attached hydrogen (secondary N) is 2. The smallest absolute Gasteiger partial charge is 0.272 e. The number of benzene rings is 2. The van der Waals surface area contributed by atoms with Crippen molar-refractivity contribution in [2.45, 2.75) is 82.6 Å². The predicted octanol–water partition coefficient (Wildman–Crippen LogP) is 7.01. The van der Waals surface area contributed by atoms with Crippen LogP contribution in [0.25, 0.3) is 10.8 Å². The van der Waals surface area contributed by atoms with Gasteiger partial charge >= 0.3 is 0 Å². The molecule has 3 aromatic rings. The average Bonchev–Trinajstić information content (AvgIpc) is 3.06. The number of fused-ring (bicyclic) bond motifs is 1. The number of rotatable bonds is 5. The lowest BCUT2D eigenvalue weighted by Gasteiger charge is -2.29. The highest BCUT2D eigenvalue weighted by Gasteiger charge is 2.29. The monoisotopic (exact) mass is 584 g/mol. The normalized spacial score (nSPS) is 11.2. The Morgan fingerprint density at radius 2 is 1.55 bits per heavy atom. The van der Waals surface area contributed by atoms with E-state index in [2.05, 4.69) is 27.4 Å². The van der Waals surface area contributed by atoms with Crippen LogP contribution in [0, 0.1) is 17.7 Å². The van der Waals surface area contributed by atoms with Gasteiger partial charge in [0, 0.05) is 38.0 Å². The summed E-state index contributed by atoms with van der Waals surface area (Å²) in [5, 5.41) is 11.0. The number of halogens is 1. The maximum absolute atomic E-state index is 15.8. The molecular formula is C34H53FN4O3. The second-order valence-corrected chi connectivity index (χ2v) is 8.03. The number of aryl methyl sites for hydroxylation is 1. The van der Waals surface area contributed by atoms with Crippen molar-refractivity contribution >= 4 is 16.7 Å². The highest BCUT2D eigenvalue weighted by molar-refractivity contribution is 5.98. The molecular weight excluding hydrogens is 531 g/mol. The number of piperazine rings is 1. The second kappa shape index (κ2) is 22.9. The third-order valence-corrected chi connectivity index (χ3v) is 5.95. The Balaban J connectivity index is 0. The molecule has 7 nitrogen and oxygen atoms in total. The molecule has 1 aliphatic rings. The third-order valence-electron chi connectivity index (χ3n) is 5.95. The van der Waals surface area contributed by atoms with Crippen LogP contribution in [-0.2, 0) is 12.8 Å². The van der Waals surface area contributed by atoms with Crippen LogP contribution in [0.3, 0.4) is 0 Å². The molecule has 42 heavy (non-hydrogen) atoms. The number of hydrogen-bond acceptors (Lipinski definition) is 5. The number of H-pyrrole nitrogens is 1. The third kappa shape index (κ3) is 10.6. The Hall–Kier alpha value is -3.70. The number of ether oxygens (including phenoxy) is 1. The fourth-order valence-electron chi connectivity index (χ4n) is 4.09. The summed E-state index contributed by atoms with van der Waals surface area (Å²) in [7, 11) is 1.46. The average molecular weight is 585 g/mol. The van der Waals surface area contributed by atoms with Gasteiger partial charge in [0.25, 0.3) is 11.5 Å². The molecule has 1 aromatic heterocycles. The number of carbonyl (C=O) groups excluding carboxylic acids is 1. The molecule has 0 atom stereocenters. The second-order valence-electron chi connectivity index (χ2n) is 8.03. The van der Waals surface area contributed by atoms with Gasteiger partial charge in [0.1, 0.15) is 17.1 Å². The van der Waals surface area contributed by atoms with E-state index in [0.29, 0.717) is 54.6 Å². The van der Waals surface area contributed by atoms with E-state index in [-0.39, 0.29) is 36.6 Å². The van der Waals surface area contributed by atoms with Crippen LogP contribution >= 0.6 is 0 Å². The Morgan fingerprint density at radius 3 is 2.05 bits per heavy atom. The van der Waals surface area contributed by atoms with E-state index >= 15 is 4.39 Å². The van der Waals surface area contributed by atoms with Gasteiger partial charge in [-0.15, -0.1) is 11.8 Å². The standard InChI is InChI=1S/C23H25FN4O3.C4H6.3C2H6.CH4/c1-3-14-12-15(13-18-16-6-4-5-7-17(16)22(29)27-26-18)20(24)19(21(14)31-2)23(30)28-10-8-25-9-11-28;1-3-4-2;3*1-2;/h4-7,12,25H,3,8-11,13H2,1-2H3,(H,27,29);1-2H3;3*1-2H3;1H4. The number of aromatic amines is 1. The molecule has 0 unspecified atom stereocenters. The minimum Gasteiger partial charge on any atom is -0.496 e. The maximum Gasteiger partial charge on any atom is 0.272 e. The van der Waals surface area contributed by atoms with Gasteiger partial charge in [0.05, 0.1) is 18.2 Å². The minimum atomic E-state index is -0.602. The zero-order chi connectivity index (χ0) is 31.4. The van der Waals surface area contributed by atoms with E-state index in [1.807, 2.05) is 68.4 Å². The van der Waals surface area contributed by atoms with Crippen LogP contribution in [0.5, 0.6) is 5.75 Å². The number of hydrogen-bond donors (Lipinski definition) is 2. The minimum absolute atomic E-state index is 0. The Kier molecular flexibility index (Phi) is 22.1. The van der Waals surface area contributed by atoms with E-state index in [0.717, 1.165) is 5.56 Å². The molecule has 8 heteroatoms. The van der Waals surface area contributed by atoms with Crippen LogP contribution in [0.15, 0.2) is 35.1 Å². The van der Waals surface area contributed by atoms with Crippen molar-refractivity contribution in [1.82, 2.24) is 20.4 Å². The van der Waals surface area contributed by atoms with Gasteiger partial charge in [-0.05, 0) is 43.5 Å². The van der Waals surface area contributed by atoms with E-state index in [9.17, 15) is 9.59 Å². The van der Waals surface area contributed by atoms with E-state index in [1.54, 1.807) is 29.2 Å². The summed E-state index contributed by atoms with van der Waals surface area (Å²) in [5.74, 6) is 4.67. The lowest BCUT2D eigenvalue weighted by molar-refractivity contribution is 0.0727.